The fraction of sp³-hybridized carbons (Fsp3) is 0.300. The number of Topliss-reactive ketones (excluding diaryl/α,β-unsaturated/α-hetero) is 1. The summed E-state index contributed by atoms with van der Waals surface area (Å²) in [5.41, 5.74) is 1.74. The number of carbonyl (C=O) groups excluding carboxylic acids is 3. The molecule has 6 nitrogen and oxygen atoms in total. The highest BCUT2D eigenvalue weighted by atomic mass is 35.5. The molecule has 1 heterocycles. The Morgan fingerprint density at radius 1 is 1.07 bits per heavy atom. The highest BCUT2D eigenvalue weighted by molar-refractivity contribution is 6.30. The van der Waals surface area contributed by atoms with Crippen molar-refractivity contribution in [1.82, 2.24) is 4.98 Å². The van der Waals surface area contributed by atoms with Crippen LogP contribution in [0.4, 0.5) is 5.82 Å². The Labute approximate surface area is 162 Å². The summed E-state index contributed by atoms with van der Waals surface area (Å²) in [6.45, 7) is 1.65. The third-order valence-electron chi connectivity index (χ3n) is 3.73. The second-order valence-corrected chi connectivity index (χ2v) is 6.38. The molecule has 0 unspecified atom stereocenters. The van der Waals surface area contributed by atoms with Crippen molar-refractivity contribution in [2.24, 2.45) is 0 Å². The summed E-state index contributed by atoms with van der Waals surface area (Å²) in [7, 11) is 0. The van der Waals surface area contributed by atoms with E-state index in [1.807, 2.05) is 12.1 Å². The van der Waals surface area contributed by atoms with Gasteiger partial charge in [-0.15, -0.1) is 0 Å². The predicted molar refractivity (Wildman–Crippen MR) is 103 cm³/mol. The van der Waals surface area contributed by atoms with Crippen molar-refractivity contribution in [2.75, 3.05) is 11.9 Å². The molecule has 0 aliphatic carbocycles. The van der Waals surface area contributed by atoms with E-state index >= 15 is 0 Å². The van der Waals surface area contributed by atoms with Gasteiger partial charge < -0.3 is 10.1 Å². The first-order valence-electron chi connectivity index (χ1n) is 8.67. The molecule has 2 rings (SSSR count). The fourth-order valence-corrected chi connectivity index (χ4v) is 2.46. The maximum absolute atomic E-state index is 12.1. The van der Waals surface area contributed by atoms with Crippen LogP contribution in [0.25, 0.3) is 0 Å². The number of nitrogens with zero attached hydrogens (tertiary/aromatic N) is 1. The van der Waals surface area contributed by atoms with E-state index in [2.05, 4.69) is 17.2 Å². The number of ketones is 1. The summed E-state index contributed by atoms with van der Waals surface area (Å²) in [6, 6.07) is 10.5. The zero-order valence-corrected chi connectivity index (χ0v) is 15.8. The van der Waals surface area contributed by atoms with Crippen LogP contribution in [0.2, 0.25) is 5.02 Å². The van der Waals surface area contributed by atoms with E-state index in [-0.39, 0.29) is 18.6 Å². The number of pyridine rings is 1. The number of aromatic nitrogens is 1. The van der Waals surface area contributed by atoms with Crippen molar-refractivity contribution in [3.8, 4) is 0 Å². The maximum Gasteiger partial charge on any atom is 0.306 e. The van der Waals surface area contributed by atoms with E-state index < -0.39 is 18.5 Å². The van der Waals surface area contributed by atoms with Crippen LogP contribution in [0.1, 0.15) is 42.1 Å². The third kappa shape index (κ3) is 7.19. The summed E-state index contributed by atoms with van der Waals surface area (Å²) in [5, 5.41) is 2.93. The predicted octanol–water partition coefficient (Wildman–Crippen LogP) is 3.83. The SMILES string of the molecule is CCCc1ccc(C(=O)CCC(=O)OCC(=O)Nc2ccc(Cl)cn2)cc1. The molecule has 0 saturated carbocycles. The number of amides is 1. The number of esters is 1. The van der Waals surface area contributed by atoms with Crippen molar-refractivity contribution in [3.63, 3.8) is 0 Å². The molecule has 27 heavy (non-hydrogen) atoms. The van der Waals surface area contributed by atoms with Gasteiger partial charge in [-0.2, -0.15) is 0 Å². The molecular formula is C20H21ClN2O4. The van der Waals surface area contributed by atoms with Gasteiger partial charge in [0.1, 0.15) is 5.82 Å². The van der Waals surface area contributed by atoms with Crippen LogP contribution in [0.15, 0.2) is 42.6 Å². The monoisotopic (exact) mass is 388 g/mol. The quantitative estimate of drug-likeness (QED) is 0.521. The number of nitrogens with one attached hydrogen (secondary N) is 1. The summed E-state index contributed by atoms with van der Waals surface area (Å²) in [6.07, 6.45) is 3.35. The van der Waals surface area contributed by atoms with Gasteiger partial charge in [-0.1, -0.05) is 49.2 Å². The molecule has 0 saturated heterocycles. The summed E-state index contributed by atoms with van der Waals surface area (Å²) in [5.74, 6) is -0.951. The minimum absolute atomic E-state index is 0.0340. The summed E-state index contributed by atoms with van der Waals surface area (Å²) >= 11 is 5.71. The third-order valence-corrected chi connectivity index (χ3v) is 3.95. The zero-order chi connectivity index (χ0) is 19.6. The first-order chi connectivity index (χ1) is 13.0. The van der Waals surface area contributed by atoms with Crippen LogP contribution < -0.4 is 5.32 Å². The Morgan fingerprint density at radius 3 is 2.44 bits per heavy atom. The van der Waals surface area contributed by atoms with E-state index in [1.54, 1.807) is 18.2 Å². The lowest BCUT2D eigenvalue weighted by molar-refractivity contribution is -0.147. The zero-order valence-electron chi connectivity index (χ0n) is 15.0. The molecule has 7 heteroatoms. The molecule has 1 amide bonds. The van der Waals surface area contributed by atoms with Crippen molar-refractivity contribution >= 4 is 35.1 Å². The fourth-order valence-electron chi connectivity index (χ4n) is 2.35. The molecule has 0 fully saturated rings. The Morgan fingerprint density at radius 2 is 1.81 bits per heavy atom. The Balaban J connectivity index is 1.71. The van der Waals surface area contributed by atoms with Crippen LogP contribution in [-0.4, -0.2) is 29.3 Å². The number of halogens is 1. The minimum Gasteiger partial charge on any atom is -0.456 e. The number of benzene rings is 1. The van der Waals surface area contributed by atoms with E-state index in [9.17, 15) is 14.4 Å². The van der Waals surface area contributed by atoms with E-state index in [0.29, 0.717) is 16.4 Å². The molecule has 0 aliphatic rings. The lowest BCUT2D eigenvalue weighted by Gasteiger charge is -2.06. The molecule has 142 valence electrons. The Bertz CT molecular complexity index is 789. The van der Waals surface area contributed by atoms with Crippen molar-refractivity contribution in [3.05, 3.63) is 58.7 Å². The second kappa shape index (κ2) is 10.4. The normalized spacial score (nSPS) is 10.3. The molecule has 0 atom stereocenters. The average Bonchev–Trinajstić information content (AvgIpc) is 2.67. The van der Waals surface area contributed by atoms with Gasteiger partial charge in [0, 0.05) is 18.2 Å². The number of carbonyl (C=O) groups is 3. The number of rotatable bonds is 9. The molecule has 1 N–H and O–H groups in total. The van der Waals surface area contributed by atoms with Gasteiger partial charge >= 0.3 is 5.97 Å². The topological polar surface area (TPSA) is 85.4 Å². The van der Waals surface area contributed by atoms with Crippen LogP contribution in [0.3, 0.4) is 0 Å². The smallest absolute Gasteiger partial charge is 0.306 e. The van der Waals surface area contributed by atoms with Crippen LogP contribution >= 0.6 is 11.6 Å². The first kappa shape index (κ1) is 20.6. The van der Waals surface area contributed by atoms with Crippen LogP contribution in [0, 0.1) is 0 Å². The molecule has 1 aromatic heterocycles. The highest BCUT2D eigenvalue weighted by Crippen LogP contribution is 2.11. The van der Waals surface area contributed by atoms with E-state index in [1.165, 1.54) is 17.8 Å². The Kier molecular flexibility index (Phi) is 7.95. The lowest BCUT2D eigenvalue weighted by atomic mass is 10.0. The first-order valence-corrected chi connectivity index (χ1v) is 9.05. The average molecular weight is 389 g/mol. The number of ether oxygens (including phenoxy) is 1. The lowest BCUT2D eigenvalue weighted by Crippen LogP contribution is -2.21. The Hall–Kier alpha value is -2.73. The largest absolute Gasteiger partial charge is 0.456 e. The highest BCUT2D eigenvalue weighted by Gasteiger charge is 2.12. The van der Waals surface area contributed by atoms with Crippen molar-refractivity contribution in [1.29, 1.82) is 0 Å². The number of hydrogen-bond donors (Lipinski definition) is 1. The molecule has 2 aromatic rings. The van der Waals surface area contributed by atoms with Crippen molar-refractivity contribution in [2.45, 2.75) is 32.6 Å². The summed E-state index contributed by atoms with van der Waals surface area (Å²) in [4.78, 5) is 39.5. The van der Waals surface area contributed by atoms with Gasteiger partial charge in [0.25, 0.3) is 5.91 Å². The molecule has 0 aliphatic heterocycles. The number of aryl methyl sites for hydroxylation is 1. The van der Waals surface area contributed by atoms with Gasteiger partial charge in [-0.25, -0.2) is 4.98 Å². The standard InChI is InChI=1S/C20H21ClN2O4/c1-2-3-14-4-6-15(7-5-14)17(24)9-11-20(26)27-13-19(25)23-18-10-8-16(21)12-22-18/h4-8,10,12H,2-3,9,11,13H2,1H3,(H,22,23,25). The minimum atomic E-state index is -0.606. The number of hydrogen-bond acceptors (Lipinski definition) is 5. The van der Waals surface area contributed by atoms with Crippen LogP contribution in [0.5, 0.6) is 0 Å². The maximum atomic E-state index is 12.1. The van der Waals surface area contributed by atoms with Crippen LogP contribution in [-0.2, 0) is 20.7 Å². The molecule has 0 radical (unpaired) electrons. The van der Waals surface area contributed by atoms with Gasteiger partial charge in [0.05, 0.1) is 11.4 Å². The summed E-state index contributed by atoms with van der Waals surface area (Å²) < 4.78 is 4.88. The van der Waals surface area contributed by atoms with Gasteiger partial charge in [0.2, 0.25) is 0 Å². The number of anilines is 1. The molecule has 0 bridgehead atoms. The van der Waals surface area contributed by atoms with E-state index in [0.717, 1.165) is 12.8 Å². The van der Waals surface area contributed by atoms with Gasteiger partial charge in [0.15, 0.2) is 12.4 Å². The molecule has 0 spiro atoms. The van der Waals surface area contributed by atoms with E-state index in [4.69, 9.17) is 16.3 Å². The molecule has 1 aromatic carbocycles. The van der Waals surface area contributed by atoms with Crippen molar-refractivity contribution < 1.29 is 19.1 Å². The second-order valence-electron chi connectivity index (χ2n) is 5.94. The van der Waals surface area contributed by atoms with Gasteiger partial charge in [-0.05, 0) is 24.1 Å². The molecular weight excluding hydrogens is 368 g/mol. The van der Waals surface area contributed by atoms with Gasteiger partial charge in [-0.3, -0.25) is 14.4 Å².